The topological polar surface area (TPSA) is 121 Å². The fourth-order valence-electron chi connectivity index (χ4n) is 1.65. The minimum atomic E-state index is -4.53. The highest BCUT2D eigenvalue weighted by atomic mass is 32.3. The van der Waals surface area contributed by atoms with Crippen LogP contribution in [0.3, 0.4) is 0 Å². The summed E-state index contributed by atoms with van der Waals surface area (Å²) in [6.07, 6.45) is 2.44. The van der Waals surface area contributed by atoms with Gasteiger partial charge in [-0.1, -0.05) is 25.7 Å². The van der Waals surface area contributed by atoms with E-state index in [1.807, 2.05) is 0 Å². The summed E-state index contributed by atoms with van der Waals surface area (Å²) in [6.45, 7) is 1.37. The number of carboxylic acid groups (broad SMARTS) is 1. The van der Waals surface area contributed by atoms with Gasteiger partial charge in [0, 0.05) is 6.42 Å². The first-order valence-corrected chi connectivity index (χ1v) is 7.64. The summed E-state index contributed by atoms with van der Waals surface area (Å²) in [5, 5.41) is 18.0. The Morgan fingerprint density at radius 3 is 2.21 bits per heavy atom. The molecular formula is C11H22O7S. The van der Waals surface area contributed by atoms with E-state index in [2.05, 4.69) is 4.18 Å². The van der Waals surface area contributed by atoms with Crippen molar-refractivity contribution in [3.05, 3.63) is 0 Å². The first-order chi connectivity index (χ1) is 8.72. The predicted molar refractivity (Wildman–Crippen MR) is 68.1 cm³/mol. The fourth-order valence-corrected chi connectivity index (χ4v) is 2.16. The van der Waals surface area contributed by atoms with E-state index in [0.29, 0.717) is 19.3 Å². The van der Waals surface area contributed by atoms with Crippen LogP contribution in [0.1, 0.15) is 51.9 Å². The monoisotopic (exact) mass is 298 g/mol. The van der Waals surface area contributed by atoms with E-state index in [0.717, 1.165) is 19.3 Å². The zero-order chi connectivity index (χ0) is 14.9. The van der Waals surface area contributed by atoms with Crippen LogP contribution >= 0.6 is 0 Å². The van der Waals surface area contributed by atoms with Gasteiger partial charge in [0.15, 0.2) is 0 Å². The molecule has 0 aromatic rings. The third-order valence-corrected chi connectivity index (χ3v) is 3.25. The largest absolute Gasteiger partial charge is 0.481 e. The molecule has 19 heavy (non-hydrogen) atoms. The molecule has 3 N–H and O–H groups in total. The van der Waals surface area contributed by atoms with E-state index in [9.17, 15) is 18.3 Å². The molecule has 0 fully saturated rings. The van der Waals surface area contributed by atoms with Crippen molar-refractivity contribution in [2.75, 3.05) is 0 Å². The molecule has 0 rings (SSSR count). The van der Waals surface area contributed by atoms with Crippen molar-refractivity contribution in [1.82, 2.24) is 0 Å². The lowest BCUT2D eigenvalue weighted by Crippen LogP contribution is -2.28. The quantitative estimate of drug-likeness (QED) is 0.389. The highest BCUT2D eigenvalue weighted by molar-refractivity contribution is 7.80. The van der Waals surface area contributed by atoms with Gasteiger partial charge in [-0.2, -0.15) is 8.42 Å². The molecule has 0 saturated heterocycles. The molecule has 0 aliphatic heterocycles. The van der Waals surface area contributed by atoms with Crippen LogP contribution in [0.25, 0.3) is 0 Å². The lowest BCUT2D eigenvalue weighted by molar-refractivity contribution is -0.137. The van der Waals surface area contributed by atoms with Crippen molar-refractivity contribution < 1.29 is 32.2 Å². The SMILES string of the molecule is CC(OS(=O)(=O)O)C(O)CCCCCCCC(=O)O. The van der Waals surface area contributed by atoms with Gasteiger partial charge in [-0.3, -0.25) is 9.35 Å². The second kappa shape index (κ2) is 9.24. The van der Waals surface area contributed by atoms with Gasteiger partial charge in [0.25, 0.3) is 0 Å². The van der Waals surface area contributed by atoms with Gasteiger partial charge < -0.3 is 10.2 Å². The number of aliphatic hydroxyl groups excluding tert-OH is 1. The first kappa shape index (κ1) is 18.3. The van der Waals surface area contributed by atoms with Crippen LogP contribution in [-0.4, -0.2) is 41.4 Å². The van der Waals surface area contributed by atoms with E-state index in [1.165, 1.54) is 6.92 Å². The van der Waals surface area contributed by atoms with Crippen LogP contribution in [-0.2, 0) is 19.4 Å². The van der Waals surface area contributed by atoms with Crippen LogP contribution < -0.4 is 0 Å². The predicted octanol–water partition coefficient (Wildman–Crippen LogP) is 1.37. The molecule has 7 nitrogen and oxygen atoms in total. The molecule has 0 spiro atoms. The highest BCUT2D eigenvalue weighted by Gasteiger charge is 2.20. The van der Waals surface area contributed by atoms with Gasteiger partial charge >= 0.3 is 16.4 Å². The third-order valence-electron chi connectivity index (χ3n) is 2.71. The Kier molecular flexibility index (Phi) is 8.90. The van der Waals surface area contributed by atoms with Crippen molar-refractivity contribution >= 4 is 16.4 Å². The molecule has 0 saturated carbocycles. The Labute approximate surface area is 113 Å². The smallest absolute Gasteiger partial charge is 0.397 e. The van der Waals surface area contributed by atoms with Crippen molar-refractivity contribution in [3.8, 4) is 0 Å². The fraction of sp³-hybridized carbons (Fsp3) is 0.909. The van der Waals surface area contributed by atoms with E-state index in [4.69, 9.17) is 9.66 Å². The number of carboxylic acids is 1. The lowest BCUT2D eigenvalue weighted by atomic mass is 10.0. The summed E-state index contributed by atoms with van der Waals surface area (Å²) in [5.74, 6) is -0.799. The Morgan fingerprint density at radius 1 is 1.16 bits per heavy atom. The normalized spacial score (nSPS) is 15.1. The Hall–Kier alpha value is -0.700. The zero-order valence-corrected chi connectivity index (χ0v) is 11.8. The van der Waals surface area contributed by atoms with Gasteiger partial charge in [-0.15, -0.1) is 0 Å². The van der Waals surface area contributed by atoms with Crippen LogP contribution in [0.15, 0.2) is 0 Å². The van der Waals surface area contributed by atoms with E-state index in [-0.39, 0.29) is 6.42 Å². The summed E-state index contributed by atoms with van der Waals surface area (Å²) in [5.41, 5.74) is 0. The van der Waals surface area contributed by atoms with E-state index in [1.54, 1.807) is 0 Å². The lowest BCUT2D eigenvalue weighted by Gasteiger charge is -2.17. The molecule has 0 bridgehead atoms. The Morgan fingerprint density at radius 2 is 1.68 bits per heavy atom. The molecule has 2 atom stereocenters. The first-order valence-electron chi connectivity index (χ1n) is 6.28. The molecule has 2 unspecified atom stereocenters. The maximum absolute atomic E-state index is 10.4. The number of unbranched alkanes of at least 4 members (excludes halogenated alkanes) is 4. The minimum absolute atomic E-state index is 0.169. The van der Waals surface area contributed by atoms with Gasteiger partial charge in [0.1, 0.15) is 6.10 Å². The van der Waals surface area contributed by atoms with E-state index >= 15 is 0 Å². The average molecular weight is 298 g/mol. The maximum atomic E-state index is 10.4. The number of carbonyl (C=O) groups is 1. The molecule has 0 radical (unpaired) electrons. The molecule has 114 valence electrons. The molecule has 0 heterocycles. The number of aliphatic carboxylic acids is 1. The van der Waals surface area contributed by atoms with E-state index < -0.39 is 28.6 Å². The second-order valence-electron chi connectivity index (χ2n) is 4.50. The van der Waals surface area contributed by atoms with Gasteiger partial charge in [0.2, 0.25) is 0 Å². The Bertz CT molecular complexity index is 352. The Balaban J connectivity index is 3.58. The molecule has 0 aromatic heterocycles. The maximum Gasteiger partial charge on any atom is 0.397 e. The summed E-state index contributed by atoms with van der Waals surface area (Å²) < 4.78 is 33.5. The van der Waals surface area contributed by atoms with Crippen LogP contribution in [0.4, 0.5) is 0 Å². The summed E-state index contributed by atoms with van der Waals surface area (Å²) in [7, 11) is -4.53. The molecule has 0 aromatic carbocycles. The average Bonchev–Trinajstić information content (AvgIpc) is 2.24. The zero-order valence-electron chi connectivity index (χ0n) is 11.0. The molecule has 8 heteroatoms. The molecule has 0 amide bonds. The molecular weight excluding hydrogens is 276 g/mol. The van der Waals surface area contributed by atoms with Gasteiger partial charge in [-0.05, 0) is 19.8 Å². The second-order valence-corrected chi connectivity index (χ2v) is 5.54. The van der Waals surface area contributed by atoms with Crippen molar-refractivity contribution in [2.45, 2.75) is 64.1 Å². The molecule has 0 aliphatic rings. The minimum Gasteiger partial charge on any atom is -0.481 e. The van der Waals surface area contributed by atoms with Crippen LogP contribution in [0.5, 0.6) is 0 Å². The standard InChI is InChI=1S/C11H22O7S/c1-9(18-19(15,16)17)10(12)7-5-3-2-4-6-8-11(13)14/h9-10,12H,2-8H2,1H3,(H,13,14)(H,15,16,17). The summed E-state index contributed by atoms with van der Waals surface area (Å²) in [6, 6.07) is 0. The number of hydrogen-bond acceptors (Lipinski definition) is 5. The van der Waals surface area contributed by atoms with Crippen molar-refractivity contribution in [2.24, 2.45) is 0 Å². The summed E-state index contributed by atoms with van der Waals surface area (Å²) in [4.78, 5) is 10.3. The highest BCUT2D eigenvalue weighted by Crippen LogP contribution is 2.12. The van der Waals surface area contributed by atoms with Crippen molar-refractivity contribution in [3.63, 3.8) is 0 Å². The number of rotatable bonds is 11. The van der Waals surface area contributed by atoms with Gasteiger partial charge in [-0.25, -0.2) is 4.18 Å². The van der Waals surface area contributed by atoms with Crippen molar-refractivity contribution in [1.29, 1.82) is 0 Å². The summed E-state index contributed by atoms with van der Waals surface area (Å²) >= 11 is 0. The van der Waals surface area contributed by atoms with Crippen LogP contribution in [0, 0.1) is 0 Å². The van der Waals surface area contributed by atoms with Gasteiger partial charge in [0.05, 0.1) is 6.10 Å². The van der Waals surface area contributed by atoms with Crippen LogP contribution in [0.2, 0.25) is 0 Å². The third kappa shape index (κ3) is 12.1. The number of hydrogen-bond donors (Lipinski definition) is 3. The molecule has 0 aliphatic carbocycles. The number of aliphatic hydroxyl groups is 1.